The molecule has 88 valence electrons. The third-order valence-corrected chi connectivity index (χ3v) is 3.40. The van der Waals surface area contributed by atoms with Gasteiger partial charge in [-0.1, -0.05) is 50.1 Å². The molecule has 0 unspecified atom stereocenters. The fourth-order valence-corrected chi connectivity index (χ4v) is 2.33. The van der Waals surface area contributed by atoms with E-state index >= 15 is 0 Å². The summed E-state index contributed by atoms with van der Waals surface area (Å²) >= 11 is 6.24. The molecule has 16 heavy (non-hydrogen) atoms. The van der Waals surface area contributed by atoms with E-state index in [0.717, 1.165) is 0 Å². The Bertz CT molecular complexity index is 380. The number of halogens is 4. The van der Waals surface area contributed by atoms with E-state index in [1.165, 1.54) is 6.07 Å². The quantitative estimate of drug-likeness (QED) is 0.729. The van der Waals surface area contributed by atoms with Crippen molar-refractivity contribution in [2.45, 2.75) is 18.2 Å². The molecule has 0 bridgehead atoms. The molecule has 0 N–H and O–H groups in total. The molecule has 0 radical (unpaired) electrons. The lowest BCUT2D eigenvalue weighted by atomic mass is 9.99. The molecule has 0 spiro atoms. The van der Waals surface area contributed by atoms with Crippen LogP contribution in [0.5, 0.6) is 0 Å². The molecule has 1 aromatic carbocycles. The highest BCUT2D eigenvalue weighted by atomic mass is 79.9. The second-order valence-electron chi connectivity index (χ2n) is 3.27. The zero-order valence-corrected chi connectivity index (χ0v) is 11.5. The van der Waals surface area contributed by atoms with Crippen LogP contribution in [0, 0.1) is 0 Å². The first kappa shape index (κ1) is 13.8. The second-order valence-corrected chi connectivity index (χ2v) is 4.39. The highest BCUT2D eigenvalue weighted by Gasteiger charge is 2.16. The maximum Gasteiger partial charge on any atom is 0.264 e. The van der Waals surface area contributed by atoms with E-state index < -0.39 is 6.43 Å². The Labute approximate surface area is 109 Å². The zero-order valence-electron chi connectivity index (χ0n) is 8.35. The first-order valence-corrected chi connectivity index (χ1v) is 6.86. The van der Waals surface area contributed by atoms with E-state index in [1.807, 2.05) is 0 Å². The second kappa shape index (κ2) is 6.45. The average molecular weight is 356 g/mol. The molecule has 0 aliphatic heterocycles. The van der Waals surface area contributed by atoms with Crippen LogP contribution in [0.25, 0.3) is 0 Å². The molecule has 1 rings (SSSR count). The van der Waals surface area contributed by atoms with Crippen molar-refractivity contribution in [3.8, 4) is 0 Å². The van der Waals surface area contributed by atoms with Crippen LogP contribution in [0.15, 0.2) is 18.2 Å². The van der Waals surface area contributed by atoms with Crippen molar-refractivity contribution in [2.75, 3.05) is 5.33 Å². The number of carbonyl (C=O) groups excluding carboxylic acids is 1. The lowest BCUT2D eigenvalue weighted by molar-refractivity contribution is -0.115. The fourth-order valence-electron chi connectivity index (χ4n) is 1.45. The maximum absolute atomic E-state index is 12.7. The molecule has 0 aromatic heterocycles. The summed E-state index contributed by atoms with van der Waals surface area (Å²) in [4.78, 5) is 11.3. The van der Waals surface area contributed by atoms with Gasteiger partial charge in [0.1, 0.15) is 5.78 Å². The minimum absolute atomic E-state index is 0.00301. The number of ketones is 1. The van der Waals surface area contributed by atoms with Crippen molar-refractivity contribution in [2.24, 2.45) is 0 Å². The van der Waals surface area contributed by atoms with Crippen LogP contribution in [-0.2, 0) is 16.5 Å². The van der Waals surface area contributed by atoms with Crippen molar-refractivity contribution in [3.63, 3.8) is 0 Å². The van der Waals surface area contributed by atoms with Gasteiger partial charge in [0, 0.05) is 17.3 Å². The number of carbonyl (C=O) groups is 1. The molecule has 0 amide bonds. The van der Waals surface area contributed by atoms with Crippen molar-refractivity contribution in [1.82, 2.24) is 0 Å². The summed E-state index contributed by atoms with van der Waals surface area (Å²) in [5.74, 6) is -0.0198. The van der Waals surface area contributed by atoms with Crippen LogP contribution < -0.4 is 0 Å². The predicted octanol–water partition coefficient (Wildman–Crippen LogP) is 4.03. The van der Waals surface area contributed by atoms with E-state index in [4.69, 9.17) is 0 Å². The highest BCUT2D eigenvalue weighted by molar-refractivity contribution is 9.09. The molecule has 0 aliphatic carbocycles. The molecule has 0 aliphatic rings. The topological polar surface area (TPSA) is 17.1 Å². The van der Waals surface area contributed by atoms with E-state index in [0.29, 0.717) is 16.5 Å². The van der Waals surface area contributed by atoms with Crippen molar-refractivity contribution in [1.29, 1.82) is 0 Å². The lowest BCUT2D eigenvalue weighted by Crippen LogP contribution is -2.07. The SMILES string of the molecule is O=C(CBr)Cc1cccc(C(F)F)c1CBr. The smallest absolute Gasteiger partial charge is 0.264 e. The van der Waals surface area contributed by atoms with Gasteiger partial charge in [-0.2, -0.15) is 0 Å². The van der Waals surface area contributed by atoms with Crippen LogP contribution in [0.2, 0.25) is 0 Å². The van der Waals surface area contributed by atoms with Gasteiger partial charge in [0.2, 0.25) is 0 Å². The molecule has 0 atom stereocenters. The van der Waals surface area contributed by atoms with Crippen LogP contribution >= 0.6 is 31.9 Å². The average Bonchev–Trinajstić information content (AvgIpc) is 2.28. The standard InChI is InChI=1S/C11H10Br2F2O/c12-5-8(16)4-7-2-1-3-9(11(14)15)10(7)6-13/h1-3,11H,4-6H2. The molecule has 0 saturated carbocycles. The van der Waals surface area contributed by atoms with Crippen molar-refractivity contribution in [3.05, 3.63) is 34.9 Å². The van der Waals surface area contributed by atoms with Gasteiger partial charge >= 0.3 is 0 Å². The summed E-state index contributed by atoms with van der Waals surface area (Å²) in [6.07, 6.45) is -2.32. The van der Waals surface area contributed by atoms with Crippen LogP contribution in [0.4, 0.5) is 8.78 Å². The van der Waals surface area contributed by atoms with E-state index in [-0.39, 0.29) is 23.1 Å². The van der Waals surface area contributed by atoms with Gasteiger partial charge in [0.25, 0.3) is 6.43 Å². The fraction of sp³-hybridized carbons (Fsp3) is 0.364. The summed E-state index contributed by atoms with van der Waals surface area (Å²) in [5.41, 5.74) is 1.18. The van der Waals surface area contributed by atoms with Gasteiger partial charge in [-0.25, -0.2) is 8.78 Å². The van der Waals surface area contributed by atoms with E-state index in [1.54, 1.807) is 12.1 Å². The summed E-state index contributed by atoms with van der Waals surface area (Å²) in [5, 5.41) is 0.575. The normalized spacial score (nSPS) is 10.8. The Morgan fingerprint density at radius 3 is 2.50 bits per heavy atom. The Kier molecular flexibility index (Phi) is 5.55. The molecule has 0 heterocycles. The van der Waals surface area contributed by atoms with E-state index in [9.17, 15) is 13.6 Å². The Morgan fingerprint density at radius 2 is 2.00 bits per heavy atom. The summed E-state index contributed by atoms with van der Waals surface area (Å²) in [7, 11) is 0. The van der Waals surface area contributed by atoms with Gasteiger partial charge in [-0.15, -0.1) is 0 Å². The molecule has 5 heteroatoms. The van der Waals surface area contributed by atoms with Crippen LogP contribution in [0.1, 0.15) is 23.1 Å². The molecule has 0 saturated heterocycles. The summed E-state index contributed by atoms with van der Waals surface area (Å²) in [6.45, 7) is 0. The monoisotopic (exact) mass is 354 g/mol. The Morgan fingerprint density at radius 1 is 1.31 bits per heavy atom. The van der Waals surface area contributed by atoms with Crippen LogP contribution in [0.3, 0.4) is 0 Å². The summed E-state index contributed by atoms with van der Waals surface area (Å²) in [6, 6.07) is 4.66. The highest BCUT2D eigenvalue weighted by Crippen LogP contribution is 2.27. The third kappa shape index (κ3) is 3.35. The number of rotatable bonds is 5. The Hall–Kier alpha value is -0.290. The van der Waals surface area contributed by atoms with Crippen molar-refractivity contribution >= 4 is 37.6 Å². The number of Topliss-reactive ketones (excluding diaryl/α,β-unsaturated/α-hetero) is 1. The molecule has 1 nitrogen and oxygen atoms in total. The predicted molar refractivity (Wildman–Crippen MR) is 66.5 cm³/mol. The number of benzene rings is 1. The number of hydrogen-bond donors (Lipinski definition) is 0. The largest absolute Gasteiger partial charge is 0.298 e. The first-order chi connectivity index (χ1) is 7.60. The zero-order chi connectivity index (χ0) is 12.1. The minimum atomic E-state index is -2.51. The maximum atomic E-state index is 12.7. The molecular weight excluding hydrogens is 346 g/mol. The van der Waals surface area contributed by atoms with Gasteiger partial charge < -0.3 is 0 Å². The van der Waals surface area contributed by atoms with Gasteiger partial charge in [0.15, 0.2) is 0 Å². The van der Waals surface area contributed by atoms with Gasteiger partial charge in [0.05, 0.1) is 5.33 Å². The Balaban J connectivity index is 3.08. The molecular formula is C11H10Br2F2O. The minimum Gasteiger partial charge on any atom is -0.298 e. The molecule has 1 aromatic rings. The number of alkyl halides is 4. The van der Waals surface area contributed by atoms with Gasteiger partial charge in [-0.3, -0.25) is 4.79 Å². The van der Waals surface area contributed by atoms with Crippen molar-refractivity contribution < 1.29 is 13.6 Å². The first-order valence-electron chi connectivity index (χ1n) is 4.62. The number of hydrogen-bond acceptors (Lipinski definition) is 1. The molecule has 0 fully saturated rings. The lowest BCUT2D eigenvalue weighted by Gasteiger charge is -2.11. The van der Waals surface area contributed by atoms with Crippen LogP contribution in [-0.4, -0.2) is 11.1 Å². The van der Waals surface area contributed by atoms with Gasteiger partial charge in [-0.05, 0) is 11.1 Å². The third-order valence-electron chi connectivity index (χ3n) is 2.21. The van der Waals surface area contributed by atoms with E-state index in [2.05, 4.69) is 31.9 Å². The summed E-state index contributed by atoms with van der Waals surface area (Å²) < 4.78 is 25.4.